The lowest BCUT2D eigenvalue weighted by molar-refractivity contribution is -0.133. The third-order valence-corrected chi connectivity index (χ3v) is 3.28. The summed E-state index contributed by atoms with van der Waals surface area (Å²) >= 11 is 0. The van der Waals surface area contributed by atoms with Crippen LogP contribution in [-0.4, -0.2) is 43.6 Å². The lowest BCUT2D eigenvalue weighted by Crippen LogP contribution is -2.57. The predicted octanol–water partition coefficient (Wildman–Crippen LogP) is 1.62. The van der Waals surface area contributed by atoms with Crippen molar-refractivity contribution in [2.45, 2.75) is 19.4 Å². The molecule has 1 saturated heterocycles. The zero-order valence-corrected chi connectivity index (χ0v) is 12.2. The van der Waals surface area contributed by atoms with E-state index in [1.165, 1.54) is 0 Å². The van der Waals surface area contributed by atoms with E-state index in [1.807, 2.05) is 43.1 Å². The van der Waals surface area contributed by atoms with Crippen molar-refractivity contribution in [1.82, 2.24) is 10.2 Å². The van der Waals surface area contributed by atoms with Gasteiger partial charge in [0.25, 0.3) is 0 Å². The van der Waals surface area contributed by atoms with Crippen molar-refractivity contribution in [3.8, 4) is 5.75 Å². The molecule has 0 spiro atoms. The third kappa shape index (κ3) is 4.40. The Morgan fingerprint density at radius 1 is 1.47 bits per heavy atom. The number of likely N-dealkylation sites (N-methyl/N-ethyl adjacent to an activating group) is 1. The summed E-state index contributed by atoms with van der Waals surface area (Å²) in [6.45, 7) is 4.27. The SMILES string of the molecule is Cc1cccc(OCCC(=O)N(C)C2CNC2)c1.Cl. The Bertz CT molecular complexity index is 422. The molecule has 0 saturated carbocycles. The minimum absolute atomic E-state index is 0. The normalized spacial score (nSPS) is 14.2. The van der Waals surface area contributed by atoms with E-state index in [-0.39, 0.29) is 18.3 Å². The summed E-state index contributed by atoms with van der Waals surface area (Å²) in [5, 5.41) is 3.16. The van der Waals surface area contributed by atoms with E-state index < -0.39 is 0 Å². The highest BCUT2D eigenvalue weighted by Gasteiger charge is 2.24. The summed E-state index contributed by atoms with van der Waals surface area (Å²) in [5.41, 5.74) is 1.16. The number of amides is 1. The van der Waals surface area contributed by atoms with Crippen LogP contribution in [0.4, 0.5) is 0 Å². The molecule has 2 rings (SSSR count). The van der Waals surface area contributed by atoms with E-state index in [2.05, 4.69) is 5.32 Å². The Hall–Kier alpha value is -1.26. The van der Waals surface area contributed by atoms with Gasteiger partial charge in [-0.15, -0.1) is 12.4 Å². The van der Waals surface area contributed by atoms with Gasteiger partial charge in [0.05, 0.1) is 19.1 Å². The fourth-order valence-electron chi connectivity index (χ4n) is 1.89. The van der Waals surface area contributed by atoms with Gasteiger partial charge in [0.1, 0.15) is 5.75 Å². The molecule has 0 bridgehead atoms. The highest BCUT2D eigenvalue weighted by Crippen LogP contribution is 2.13. The number of hydrogen-bond donors (Lipinski definition) is 1. The molecule has 0 aliphatic carbocycles. The van der Waals surface area contributed by atoms with Gasteiger partial charge >= 0.3 is 0 Å². The van der Waals surface area contributed by atoms with E-state index >= 15 is 0 Å². The average molecular weight is 285 g/mol. The zero-order valence-electron chi connectivity index (χ0n) is 11.4. The first kappa shape index (κ1) is 15.8. The standard InChI is InChI=1S/C14H20N2O2.ClH/c1-11-4-3-5-13(8-11)18-7-6-14(17)16(2)12-9-15-10-12;/h3-5,8,12,15H,6-7,9-10H2,1-2H3;1H. The highest BCUT2D eigenvalue weighted by molar-refractivity contribution is 5.85. The largest absolute Gasteiger partial charge is 0.493 e. The molecule has 1 aromatic carbocycles. The summed E-state index contributed by atoms with van der Waals surface area (Å²) in [6.07, 6.45) is 0.431. The number of nitrogens with zero attached hydrogens (tertiary/aromatic N) is 1. The van der Waals surface area contributed by atoms with Crippen LogP contribution in [0.2, 0.25) is 0 Å². The zero-order chi connectivity index (χ0) is 13.0. The fourth-order valence-corrected chi connectivity index (χ4v) is 1.89. The summed E-state index contributed by atoms with van der Waals surface area (Å²) in [5.74, 6) is 0.977. The Morgan fingerprint density at radius 2 is 2.21 bits per heavy atom. The Morgan fingerprint density at radius 3 is 2.79 bits per heavy atom. The van der Waals surface area contributed by atoms with Crippen LogP contribution in [0.25, 0.3) is 0 Å². The van der Waals surface area contributed by atoms with Gasteiger partial charge in [-0.1, -0.05) is 12.1 Å². The van der Waals surface area contributed by atoms with Gasteiger partial charge in [0.15, 0.2) is 0 Å². The van der Waals surface area contributed by atoms with Crippen LogP contribution >= 0.6 is 12.4 Å². The van der Waals surface area contributed by atoms with Crippen molar-refractivity contribution < 1.29 is 9.53 Å². The second-order valence-electron chi connectivity index (χ2n) is 4.73. The molecule has 1 aromatic rings. The number of carbonyl (C=O) groups excluding carboxylic acids is 1. The summed E-state index contributed by atoms with van der Waals surface area (Å²) < 4.78 is 5.58. The van der Waals surface area contributed by atoms with Crippen LogP contribution in [0.1, 0.15) is 12.0 Å². The van der Waals surface area contributed by atoms with Gasteiger partial charge < -0.3 is 15.0 Å². The van der Waals surface area contributed by atoms with Gasteiger partial charge in [-0.25, -0.2) is 0 Å². The number of ether oxygens (including phenoxy) is 1. The van der Waals surface area contributed by atoms with E-state index in [0.717, 1.165) is 24.4 Å². The number of rotatable bonds is 5. The maximum absolute atomic E-state index is 11.9. The van der Waals surface area contributed by atoms with Crippen molar-refractivity contribution in [2.75, 3.05) is 26.7 Å². The van der Waals surface area contributed by atoms with Crippen LogP contribution < -0.4 is 10.1 Å². The molecule has 106 valence electrons. The quantitative estimate of drug-likeness (QED) is 0.893. The molecular weight excluding hydrogens is 264 g/mol. The molecule has 0 radical (unpaired) electrons. The maximum Gasteiger partial charge on any atom is 0.226 e. The second kappa shape index (κ2) is 7.36. The number of nitrogens with one attached hydrogen (secondary N) is 1. The van der Waals surface area contributed by atoms with Gasteiger partial charge in [-0.05, 0) is 24.6 Å². The first-order valence-electron chi connectivity index (χ1n) is 6.32. The van der Waals surface area contributed by atoms with Crippen LogP contribution in [0.5, 0.6) is 5.75 Å². The molecule has 1 aliphatic rings. The van der Waals surface area contributed by atoms with Crippen LogP contribution in [0.15, 0.2) is 24.3 Å². The highest BCUT2D eigenvalue weighted by atomic mass is 35.5. The molecule has 1 amide bonds. The van der Waals surface area contributed by atoms with E-state index in [4.69, 9.17) is 4.74 Å². The molecular formula is C14H21ClN2O2. The lowest BCUT2D eigenvalue weighted by atomic mass is 10.1. The average Bonchev–Trinajstić information content (AvgIpc) is 2.26. The monoisotopic (exact) mass is 284 g/mol. The fraction of sp³-hybridized carbons (Fsp3) is 0.500. The molecule has 19 heavy (non-hydrogen) atoms. The van der Waals surface area contributed by atoms with Gasteiger partial charge in [0, 0.05) is 20.1 Å². The van der Waals surface area contributed by atoms with Gasteiger partial charge in [0.2, 0.25) is 5.91 Å². The number of aryl methyl sites for hydroxylation is 1. The van der Waals surface area contributed by atoms with E-state index in [0.29, 0.717) is 19.1 Å². The molecule has 0 aromatic heterocycles. The second-order valence-corrected chi connectivity index (χ2v) is 4.73. The Labute approximate surface area is 120 Å². The molecule has 1 heterocycles. The topological polar surface area (TPSA) is 41.6 Å². The lowest BCUT2D eigenvalue weighted by Gasteiger charge is -2.35. The molecule has 0 unspecified atom stereocenters. The molecule has 4 nitrogen and oxygen atoms in total. The Kier molecular flexibility index (Phi) is 6.12. The first-order valence-corrected chi connectivity index (χ1v) is 6.32. The van der Waals surface area contributed by atoms with Gasteiger partial charge in [-0.2, -0.15) is 0 Å². The predicted molar refractivity (Wildman–Crippen MR) is 78.0 cm³/mol. The molecule has 1 fully saturated rings. The minimum Gasteiger partial charge on any atom is -0.493 e. The van der Waals surface area contributed by atoms with Crippen LogP contribution in [-0.2, 0) is 4.79 Å². The molecule has 0 atom stereocenters. The summed E-state index contributed by atoms with van der Waals surface area (Å²) in [6, 6.07) is 8.23. The maximum atomic E-state index is 11.9. The number of benzene rings is 1. The van der Waals surface area contributed by atoms with Crippen molar-refractivity contribution in [1.29, 1.82) is 0 Å². The van der Waals surface area contributed by atoms with Crippen LogP contribution in [0.3, 0.4) is 0 Å². The third-order valence-electron chi connectivity index (χ3n) is 3.28. The van der Waals surface area contributed by atoms with E-state index in [1.54, 1.807) is 0 Å². The number of hydrogen-bond acceptors (Lipinski definition) is 3. The summed E-state index contributed by atoms with van der Waals surface area (Å²) in [7, 11) is 1.86. The van der Waals surface area contributed by atoms with Crippen molar-refractivity contribution in [2.24, 2.45) is 0 Å². The minimum atomic E-state index is 0. The van der Waals surface area contributed by atoms with Crippen molar-refractivity contribution in [3.63, 3.8) is 0 Å². The molecule has 1 aliphatic heterocycles. The van der Waals surface area contributed by atoms with Crippen molar-refractivity contribution >= 4 is 18.3 Å². The first-order chi connectivity index (χ1) is 8.66. The summed E-state index contributed by atoms with van der Waals surface area (Å²) in [4.78, 5) is 13.7. The molecule has 1 N–H and O–H groups in total. The molecule has 5 heteroatoms. The number of carbonyl (C=O) groups is 1. The van der Waals surface area contributed by atoms with Crippen molar-refractivity contribution in [3.05, 3.63) is 29.8 Å². The van der Waals surface area contributed by atoms with E-state index in [9.17, 15) is 4.79 Å². The Balaban J connectivity index is 0.00000180. The number of halogens is 1. The smallest absolute Gasteiger partial charge is 0.226 e. The van der Waals surface area contributed by atoms with Crippen LogP contribution in [0, 0.1) is 6.92 Å². The van der Waals surface area contributed by atoms with Gasteiger partial charge in [-0.3, -0.25) is 4.79 Å².